The third kappa shape index (κ3) is 12.2. The van der Waals surface area contributed by atoms with Gasteiger partial charge in [0.2, 0.25) is 0 Å². The molecule has 1 aromatic rings. The molecule has 8 heteroatoms. The smallest absolute Gasteiger partial charge is 0.191 e. The fourth-order valence-corrected chi connectivity index (χ4v) is 2.67. The molecule has 0 heterocycles. The fourth-order valence-electron chi connectivity index (χ4n) is 2.67. The summed E-state index contributed by atoms with van der Waals surface area (Å²) in [6.45, 7) is 8.21. The Morgan fingerprint density at radius 2 is 1.97 bits per heavy atom. The summed E-state index contributed by atoms with van der Waals surface area (Å²) in [7, 11) is 7.59. The minimum absolute atomic E-state index is 0. The Bertz CT molecular complexity index is 585. The largest absolute Gasteiger partial charge is 0.491 e. The summed E-state index contributed by atoms with van der Waals surface area (Å²) in [5.41, 5.74) is 2.25. The van der Waals surface area contributed by atoms with Gasteiger partial charge in [0.15, 0.2) is 5.96 Å². The van der Waals surface area contributed by atoms with Crippen molar-refractivity contribution in [2.75, 3.05) is 61.2 Å². The first-order chi connectivity index (χ1) is 13.5. The van der Waals surface area contributed by atoms with Gasteiger partial charge in [-0.05, 0) is 46.0 Å². The third-order valence-electron chi connectivity index (χ3n) is 4.24. The van der Waals surface area contributed by atoms with Gasteiger partial charge in [0.1, 0.15) is 12.4 Å². The maximum atomic E-state index is 5.86. The minimum atomic E-state index is 0. The Morgan fingerprint density at radius 1 is 1.21 bits per heavy atom. The van der Waals surface area contributed by atoms with E-state index in [1.54, 1.807) is 14.2 Å². The van der Waals surface area contributed by atoms with Gasteiger partial charge < -0.3 is 29.7 Å². The van der Waals surface area contributed by atoms with Gasteiger partial charge in [-0.15, -0.1) is 24.0 Å². The van der Waals surface area contributed by atoms with E-state index in [0.717, 1.165) is 30.2 Å². The minimum Gasteiger partial charge on any atom is -0.491 e. The number of halogens is 1. The molecule has 0 spiro atoms. The zero-order chi connectivity index (χ0) is 20.8. The van der Waals surface area contributed by atoms with Crippen LogP contribution in [0.2, 0.25) is 0 Å². The number of aliphatic imine (C=N–C) groups is 1. The number of aryl methyl sites for hydroxylation is 1. The molecule has 0 aliphatic heterocycles. The van der Waals surface area contributed by atoms with Gasteiger partial charge in [-0.1, -0.05) is 12.1 Å². The van der Waals surface area contributed by atoms with Crippen LogP contribution in [0.3, 0.4) is 0 Å². The van der Waals surface area contributed by atoms with Crippen molar-refractivity contribution in [2.24, 2.45) is 4.99 Å². The molecule has 0 aliphatic carbocycles. The van der Waals surface area contributed by atoms with E-state index in [9.17, 15) is 0 Å². The number of hydrogen-bond acceptors (Lipinski definition) is 5. The molecule has 1 aromatic carbocycles. The van der Waals surface area contributed by atoms with Crippen LogP contribution < -0.4 is 15.4 Å². The third-order valence-corrected chi connectivity index (χ3v) is 4.24. The average molecular weight is 522 g/mol. The second-order valence-electron chi connectivity index (χ2n) is 6.93. The van der Waals surface area contributed by atoms with E-state index in [4.69, 9.17) is 14.2 Å². The van der Waals surface area contributed by atoms with E-state index in [1.807, 2.05) is 6.92 Å². The number of guanidine groups is 1. The van der Waals surface area contributed by atoms with E-state index in [2.05, 4.69) is 59.7 Å². The van der Waals surface area contributed by atoms with Crippen LogP contribution in [0.4, 0.5) is 0 Å². The van der Waals surface area contributed by atoms with Crippen LogP contribution in [-0.4, -0.2) is 78.1 Å². The van der Waals surface area contributed by atoms with Gasteiger partial charge in [-0.25, -0.2) is 0 Å². The normalized spacial score (nSPS) is 12.4. The van der Waals surface area contributed by atoms with Gasteiger partial charge >= 0.3 is 0 Å². The summed E-state index contributed by atoms with van der Waals surface area (Å²) in [5, 5.41) is 6.73. The second-order valence-corrected chi connectivity index (χ2v) is 6.93. The summed E-state index contributed by atoms with van der Waals surface area (Å²) in [6.07, 6.45) is 1.12. The molecule has 0 aromatic heterocycles. The maximum absolute atomic E-state index is 5.86. The fraction of sp³-hybridized carbons (Fsp3) is 0.667. The van der Waals surface area contributed by atoms with Crippen LogP contribution in [0.1, 0.15) is 24.5 Å². The summed E-state index contributed by atoms with van der Waals surface area (Å²) in [4.78, 5) is 6.49. The Morgan fingerprint density at radius 3 is 2.59 bits per heavy atom. The predicted octanol–water partition coefficient (Wildman–Crippen LogP) is 2.66. The molecule has 1 rings (SSSR count). The molecule has 0 fully saturated rings. The maximum Gasteiger partial charge on any atom is 0.191 e. The second kappa shape index (κ2) is 16.7. The first-order valence-electron chi connectivity index (χ1n) is 9.92. The van der Waals surface area contributed by atoms with Gasteiger partial charge in [-0.2, -0.15) is 0 Å². The first-order valence-corrected chi connectivity index (χ1v) is 9.92. The van der Waals surface area contributed by atoms with Gasteiger partial charge in [0, 0.05) is 46.0 Å². The van der Waals surface area contributed by atoms with E-state index in [-0.39, 0.29) is 30.1 Å². The molecule has 168 valence electrons. The van der Waals surface area contributed by atoms with E-state index in [0.29, 0.717) is 32.9 Å². The molecular weight excluding hydrogens is 483 g/mol. The number of benzene rings is 1. The molecule has 29 heavy (non-hydrogen) atoms. The van der Waals surface area contributed by atoms with Gasteiger partial charge in [0.25, 0.3) is 0 Å². The molecule has 0 saturated heterocycles. The van der Waals surface area contributed by atoms with Crippen molar-refractivity contribution < 1.29 is 14.2 Å². The highest BCUT2D eigenvalue weighted by Crippen LogP contribution is 2.20. The molecule has 0 amide bonds. The molecule has 2 N–H and O–H groups in total. The lowest BCUT2D eigenvalue weighted by atomic mass is 10.1. The number of nitrogens with one attached hydrogen (secondary N) is 2. The molecule has 0 radical (unpaired) electrons. The van der Waals surface area contributed by atoms with Crippen molar-refractivity contribution in [1.29, 1.82) is 0 Å². The van der Waals surface area contributed by atoms with E-state index >= 15 is 0 Å². The van der Waals surface area contributed by atoms with Crippen LogP contribution in [0.5, 0.6) is 5.75 Å². The Labute approximate surface area is 193 Å². The standard InChI is InChI=1S/C21H38N4O3.HI/c1-7-27-19(10-11-25(4)5)16-24-21(22-3)23-15-18-9-8-17(2)14-20(18)28-13-12-26-6;/h8-9,14,19H,7,10-13,15-16H2,1-6H3,(H2,22,23,24);1H. The van der Waals surface area contributed by atoms with Crippen LogP contribution in [-0.2, 0) is 16.0 Å². The zero-order valence-corrected chi connectivity index (χ0v) is 21.1. The number of ether oxygens (including phenoxy) is 3. The number of hydrogen-bond donors (Lipinski definition) is 2. The highest BCUT2D eigenvalue weighted by Gasteiger charge is 2.11. The van der Waals surface area contributed by atoms with Crippen molar-refractivity contribution in [3.05, 3.63) is 29.3 Å². The van der Waals surface area contributed by atoms with Crippen molar-refractivity contribution in [3.8, 4) is 5.75 Å². The van der Waals surface area contributed by atoms with E-state index < -0.39 is 0 Å². The SMILES string of the molecule is CCOC(CCN(C)C)CNC(=NC)NCc1ccc(C)cc1OCCOC.I. The highest BCUT2D eigenvalue weighted by molar-refractivity contribution is 14.0. The highest BCUT2D eigenvalue weighted by atomic mass is 127. The summed E-state index contributed by atoms with van der Waals surface area (Å²) in [5.74, 6) is 1.62. The molecule has 1 atom stereocenters. The molecule has 0 bridgehead atoms. The molecule has 7 nitrogen and oxygen atoms in total. The van der Waals surface area contributed by atoms with Crippen LogP contribution in [0, 0.1) is 6.92 Å². The van der Waals surface area contributed by atoms with Gasteiger partial charge in [-0.3, -0.25) is 4.99 Å². The quantitative estimate of drug-likeness (QED) is 0.180. The van der Waals surface area contributed by atoms with E-state index in [1.165, 1.54) is 5.56 Å². The summed E-state index contributed by atoms with van der Waals surface area (Å²) in [6, 6.07) is 6.22. The van der Waals surface area contributed by atoms with Crippen molar-refractivity contribution in [3.63, 3.8) is 0 Å². The monoisotopic (exact) mass is 522 g/mol. The molecule has 0 aliphatic rings. The molecular formula is C21H39IN4O3. The Balaban J connectivity index is 0.00000784. The van der Waals surface area contributed by atoms with Crippen LogP contribution in [0.25, 0.3) is 0 Å². The zero-order valence-electron chi connectivity index (χ0n) is 18.8. The lowest BCUT2D eigenvalue weighted by Gasteiger charge is -2.21. The number of rotatable bonds is 13. The summed E-state index contributed by atoms with van der Waals surface area (Å²) < 4.78 is 16.8. The molecule has 0 saturated carbocycles. The summed E-state index contributed by atoms with van der Waals surface area (Å²) >= 11 is 0. The average Bonchev–Trinajstić information content (AvgIpc) is 2.67. The predicted molar refractivity (Wildman–Crippen MR) is 131 cm³/mol. The molecule has 1 unspecified atom stereocenters. The van der Waals surface area contributed by atoms with Crippen LogP contribution in [0.15, 0.2) is 23.2 Å². The lowest BCUT2D eigenvalue weighted by Crippen LogP contribution is -2.42. The topological polar surface area (TPSA) is 67.4 Å². The first kappa shape index (κ1) is 27.9. The van der Waals surface area contributed by atoms with Crippen molar-refractivity contribution >= 4 is 29.9 Å². The Hall–Kier alpha value is -1.10. The number of methoxy groups -OCH3 is 1. The number of nitrogens with zero attached hydrogens (tertiary/aromatic N) is 2. The van der Waals surface area contributed by atoms with Crippen molar-refractivity contribution in [2.45, 2.75) is 32.9 Å². The van der Waals surface area contributed by atoms with Crippen LogP contribution >= 0.6 is 24.0 Å². The lowest BCUT2D eigenvalue weighted by molar-refractivity contribution is 0.0548. The van der Waals surface area contributed by atoms with Gasteiger partial charge in [0.05, 0.1) is 12.7 Å². The van der Waals surface area contributed by atoms with Crippen molar-refractivity contribution in [1.82, 2.24) is 15.5 Å². The Kier molecular flexibility index (Phi) is 16.0.